The Hall–Kier alpha value is -5.21. The zero-order valence-electron chi connectivity index (χ0n) is 31.0. The van der Waals surface area contributed by atoms with Gasteiger partial charge in [0.1, 0.15) is 17.5 Å². The van der Waals surface area contributed by atoms with Gasteiger partial charge in [-0.05, 0) is 118 Å². The molecule has 1 saturated carbocycles. The molecular formula is C40H44FN5O7S. The van der Waals surface area contributed by atoms with Crippen LogP contribution in [0.2, 0.25) is 0 Å². The number of aliphatic hydroxyl groups excluding tert-OH is 1. The van der Waals surface area contributed by atoms with Gasteiger partial charge in [-0.15, -0.1) is 11.8 Å². The molecule has 1 aromatic heterocycles. The summed E-state index contributed by atoms with van der Waals surface area (Å²) >= 11 is 1.74. The predicted molar refractivity (Wildman–Crippen MR) is 205 cm³/mol. The lowest BCUT2D eigenvalue weighted by molar-refractivity contribution is -0.131. The number of halogens is 1. The van der Waals surface area contributed by atoms with Gasteiger partial charge in [-0.2, -0.15) is 4.90 Å². The Labute approximate surface area is 317 Å². The van der Waals surface area contributed by atoms with Crippen molar-refractivity contribution in [1.29, 1.82) is 0 Å². The first-order valence-electron chi connectivity index (χ1n) is 17.7. The molecule has 4 bridgehead atoms. The van der Waals surface area contributed by atoms with Crippen molar-refractivity contribution in [3.05, 3.63) is 88.4 Å². The molecule has 14 heteroatoms. The number of fused-ring (bicyclic) bond motifs is 10. The molecule has 0 spiro atoms. The number of ether oxygens (including phenoxy) is 1. The van der Waals surface area contributed by atoms with Crippen molar-refractivity contribution in [2.75, 3.05) is 22.6 Å². The number of likely N-dealkylation sites (N-methyl/N-ethyl adjacent to an activating group) is 1. The van der Waals surface area contributed by atoms with Gasteiger partial charge < -0.3 is 30.5 Å². The molecule has 3 aromatic carbocycles. The number of thioether (sulfide) groups is 1. The molecule has 12 nitrogen and oxygen atoms in total. The summed E-state index contributed by atoms with van der Waals surface area (Å²) in [7, 11) is 1.70. The monoisotopic (exact) mass is 757 g/mol. The second kappa shape index (κ2) is 15.3. The zero-order valence-corrected chi connectivity index (χ0v) is 31.8. The highest BCUT2D eigenvalue weighted by atomic mass is 32.2. The number of carboxylic acid groups (broad SMARTS) is 1. The van der Waals surface area contributed by atoms with Crippen LogP contribution < -0.4 is 15.5 Å². The summed E-state index contributed by atoms with van der Waals surface area (Å²) in [6.07, 6.45) is -0.590. The van der Waals surface area contributed by atoms with Gasteiger partial charge in [-0.25, -0.2) is 19.0 Å². The van der Waals surface area contributed by atoms with Crippen LogP contribution >= 0.6 is 11.8 Å². The van der Waals surface area contributed by atoms with Crippen LogP contribution in [0.5, 0.6) is 0 Å². The second-order valence-electron chi connectivity index (χ2n) is 14.9. The number of nitrogens with zero attached hydrogens (tertiary/aromatic N) is 3. The van der Waals surface area contributed by atoms with Crippen molar-refractivity contribution >= 4 is 63.7 Å². The van der Waals surface area contributed by atoms with Crippen LogP contribution in [0.4, 0.5) is 31.2 Å². The minimum Gasteiger partial charge on any atom is -0.464 e. The summed E-state index contributed by atoms with van der Waals surface area (Å²) < 4.78 is 20.7. The van der Waals surface area contributed by atoms with Gasteiger partial charge >= 0.3 is 12.2 Å². The van der Waals surface area contributed by atoms with Gasteiger partial charge in [0.05, 0.1) is 18.7 Å². The standard InChI is InChI=1S/C40H44FN5O7S/c1-21-13-23-14-22(2)30(21)17-27(47)18-34(48)43-25-8-12-33(54-28-9-10-28)24(15-25)20-45(6)37(49)35(23)44-26-7-11-29-31(16-26)32(41)19-42-36(29)46(38(50)51)39(52)53-40(3,4)5/h7-8,11-16,19,27-28,35,44,47H,9-10,17-18,20H2,1-6H3,(H,43,48)(H,50,51)/t27?,35-/m1/s1. The highest BCUT2D eigenvalue weighted by molar-refractivity contribution is 8.00. The molecular weight excluding hydrogens is 714 g/mol. The van der Waals surface area contributed by atoms with Crippen LogP contribution in [0.25, 0.3) is 10.8 Å². The second-order valence-corrected chi connectivity index (χ2v) is 16.3. The van der Waals surface area contributed by atoms with E-state index in [-0.39, 0.29) is 47.8 Å². The van der Waals surface area contributed by atoms with Crippen molar-refractivity contribution in [2.45, 2.75) is 94.7 Å². The van der Waals surface area contributed by atoms with E-state index in [1.54, 1.807) is 50.5 Å². The van der Waals surface area contributed by atoms with Crippen LogP contribution in [0, 0.1) is 19.7 Å². The van der Waals surface area contributed by atoms with E-state index >= 15 is 4.39 Å². The van der Waals surface area contributed by atoms with Gasteiger partial charge in [0.15, 0.2) is 5.82 Å². The average molecular weight is 758 g/mol. The minimum absolute atomic E-state index is 0.0360. The molecule has 0 saturated heterocycles. The summed E-state index contributed by atoms with van der Waals surface area (Å²) in [5.41, 5.74) is 3.90. The maximum atomic E-state index is 15.5. The largest absolute Gasteiger partial charge is 0.464 e. The minimum atomic E-state index is -1.65. The number of nitrogens with one attached hydrogen (secondary N) is 2. The van der Waals surface area contributed by atoms with Crippen LogP contribution in [0.15, 0.2) is 59.6 Å². The van der Waals surface area contributed by atoms with Crippen molar-refractivity contribution in [1.82, 2.24) is 9.88 Å². The molecule has 1 aliphatic carbocycles. The number of carbonyl (C=O) groups is 4. The average Bonchev–Trinajstić information content (AvgIpc) is 3.90. The number of benzene rings is 3. The fourth-order valence-corrected chi connectivity index (χ4v) is 7.70. The van der Waals surface area contributed by atoms with Crippen LogP contribution in [0.1, 0.15) is 73.9 Å². The maximum absolute atomic E-state index is 15.5. The third-order valence-electron chi connectivity index (χ3n) is 9.21. The molecule has 284 valence electrons. The summed E-state index contributed by atoms with van der Waals surface area (Å²) in [4.78, 5) is 59.6. The van der Waals surface area contributed by atoms with Crippen molar-refractivity contribution in [2.24, 2.45) is 0 Å². The van der Waals surface area contributed by atoms with E-state index in [1.165, 1.54) is 12.1 Å². The molecule has 2 aliphatic heterocycles. The Bertz CT molecular complexity index is 2130. The number of anilines is 3. The molecule has 1 unspecified atom stereocenters. The number of rotatable bonds is 5. The first-order chi connectivity index (χ1) is 25.5. The molecule has 7 rings (SSSR count). The topological polar surface area (TPSA) is 161 Å². The molecule has 3 heterocycles. The van der Waals surface area contributed by atoms with Gasteiger partial charge in [-0.3, -0.25) is 9.59 Å². The molecule has 4 N–H and O–H groups in total. The molecule has 54 heavy (non-hydrogen) atoms. The first kappa shape index (κ1) is 38.5. The Balaban J connectivity index is 1.41. The van der Waals surface area contributed by atoms with Gasteiger partial charge in [-0.1, -0.05) is 12.1 Å². The quantitative estimate of drug-likeness (QED) is 0.159. The third kappa shape index (κ3) is 8.77. The van der Waals surface area contributed by atoms with E-state index in [9.17, 15) is 29.4 Å². The molecule has 3 aliphatic rings. The van der Waals surface area contributed by atoms with E-state index in [4.69, 9.17) is 4.74 Å². The highest BCUT2D eigenvalue weighted by Crippen LogP contribution is 2.42. The molecule has 2 atom stereocenters. The number of aliphatic hydroxyl groups is 1. The van der Waals surface area contributed by atoms with Crippen LogP contribution in [0.3, 0.4) is 0 Å². The Morgan fingerprint density at radius 1 is 1.04 bits per heavy atom. The summed E-state index contributed by atoms with van der Waals surface area (Å²) in [5, 5.41) is 27.6. The number of carbonyl (C=O) groups excluding carboxylic acids is 3. The lowest BCUT2D eigenvalue weighted by Gasteiger charge is -2.28. The number of pyridine rings is 1. The molecule has 1 fully saturated rings. The Kier molecular flexibility index (Phi) is 10.9. The first-order valence-corrected chi connectivity index (χ1v) is 18.6. The lowest BCUT2D eigenvalue weighted by Crippen LogP contribution is -2.40. The SMILES string of the molecule is Cc1cc2cc(C)c1CC(O)CC(=O)Nc1ccc(SC3CC3)c(c1)CN(C)C(=O)[C@@H]2Nc1ccc2c(N(C(=O)O)C(=O)OC(C)(C)C)ncc(F)c2c1. The lowest BCUT2D eigenvalue weighted by atomic mass is 9.91. The van der Waals surface area contributed by atoms with Gasteiger partial charge in [0.2, 0.25) is 11.8 Å². The fraction of sp³-hybridized carbons (Fsp3) is 0.375. The van der Waals surface area contributed by atoms with Crippen molar-refractivity contribution in [3.8, 4) is 0 Å². The number of hydrogen-bond acceptors (Lipinski definition) is 9. The summed E-state index contributed by atoms with van der Waals surface area (Å²) in [6.45, 7) is 8.78. The van der Waals surface area contributed by atoms with E-state index in [0.717, 1.165) is 46.2 Å². The smallest absolute Gasteiger partial charge is 0.425 e. The Morgan fingerprint density at radius 2 is 1.74 bits per heavy atom. The van der Waals surface area contributed by atoms with E-state index in [1.807, 2.05) is 44.2 Å². The number of aromatic nitrogens is 1. The van der Waals surface area contributed by atoms with Crippen LogP contribution in [-0.2, 0) is 27.3 Å². The summed E-state index contributed by atoms with van der Waals surface area (Å²) in [6, 6.07) is 12.9. The number of amides is 4. The van der Waals surface area contributed by atoms with Crippen molar-refractivity contribution < 1.29 is 38.5 Å². The predicted octanol–water partition coefficient (Wildman–Crippen LogP) is 7.72. The van der Waals surface area contributed by atoms with Gasteiger partial charge in [0.25, 0.3) is 0 Å². The van der Waals surface area contributed by atoms with Gasteiger partial charge in [0, 0.05) is 45.9 Å². The fourth-order valence-electron chi connectivity index (χ4n) is 6.54. The summed E-state index contributed by atoms with van der Waals surface area (Å²) in [5.74, 6) is -1.69. The normalized spacial score (nSPS) is 18.0. The highest BCUT2D eigenvalue weighted by Gasteiger charge is 2.33. The van der Waals surface area contributed by atoms with Crippen molar-refractivity contribution in [3.63, 3.8) is 0 Å². The number of imide groups is 1. The molecule has 0 radical (unpaired) electrons. The Morgan fingerprint density at radius 3 is 2.39 bits per heavy atom. The molecule has 4 amide bonds. The number of hydrogen-bond donors (Lipinski definition) is 4. The maximum Gasteiger partial charge on any atom is 0.425 e. The van der Waals surface area contributed by atoms with E-state index < -0.39 is 35.8 Å². The molecule has 4 aromatic rings. The third-order valence-corrected chi connectivity index (χ3v) is 10.7. The van der Waals surface area contributed by atoms with E-state index in [0.29, 0.717) is 27.1 Å². The number of aryl methyl sites for hydroxylation is 2. The van der Waals surface area contributed by atoms with E-state index in [2.05, 4.69) is 15.6 Å². The zero-order chi connectivity index (χ0) is 39.1. The van der Waals surface area contributed by atoms with Crippen LogP contribution in [-0.4, -0.2) is 68.1 Å².